The molecule has 0 aliphatic carbocycles. The first-order chi connectivity index (χ1) is 10.3. The van der Waals surface area contributed by atoms with Crippen molar-refractivity contribution in [3.63, 3.8) is 0 Å². The number of nitrogens with zero attached hydrogens (tertiary/aromatic N) is 2. The maximum Gasteiger partial charge on any atom is 0.244 e. The minimum Gasteiger partial charge on any atom is -0.473 e. The Morgan fingerprint density at radius 3 is 2.73 bits per heavy atom. The summed E-state index contributed by atoms with van der Waals surface area (Å²) >= 11 is 0. The number of nitrogens with two attached hydrogens (primary N) is 1. The van der Waals surface area contributed by atoms with Crippen LogP contribution in [0.4, 0.5) is 4.39 Å². The summed E-state index contributed by atoms with van der Waals surface area (Å²) in [6.45, 7) is 1.64. The van der Waals surface area contributed by atoms with E-state index >= 15 is 0 Å². The van der Waals surface area contributed by atoms with E-state index < -0.39 is 15.6 Å². The Balaban J connectivity index is 2.03. The first-order valence-electron chi connectivity index (χ1n) is 6.58. The molecule has 1 aliphatic heterocycles. The van der Waals surface area contributed by atoms with Crippen molar-refractivity contribution in [2.24, 2.45) is 5.73 Å². The third-order valence-electron chi connectivity index (χ3n) is 3.20. The van der Waals surface area contributed by atoms with Gasteiger partial charge in [0, 0.05) is 31.3 Å². The lowest BCUT2D eigenvalue weighted by atomic mass is 10.0. The molecule has 1 fully saturated rings. The van der Waals surface area contributed by atoms with Gasteiger partial charge >= 0.3 is 0 Å². The van der Waals surface area contributed by atoms with E-state index in [0.717, 1.165) is 0 Å². The van der Waals surface area contributed by atoms with Crippen LogP contribution in [0.3, 0.4) is 0 Å². The van der Waals surface area contributed by atoms with Crippen LogP contribution < -0.4 is 10.5 Å². The van der Waals surface area contributed by atoms with E-state index in [1.165, 1.54) is 22.6 Å². The molecule has 22 heavy (non-hydrogen) atoms. The van der Waals surface area contributed by atoms with Crippen LogP contribution in [0.2, 0.25) is 0 Å². The van der Waals surface area contributed by atoms with Gasteiger partial charge in [-0.05, 0) is 13.0 Å². The predicted molar refractivity (Wildman–Crippen MR) is 77.4 cm³/mol. The van der Waals surface area contributed by atoms with Crippen molar-refractivity contribution in [2.75, 3.05) is 26.2 Å². The highest BCUT2D eigenvalue weighted by molar-refractivity contribution is 7.89. The monoisotopic (exact) mass is 331 g/mol. The van der Waals surface area contributed by atoms with Gasteiger partial charge in [0.25, 0.3) is 0 Å². The third-order valence-corrected chi connectivity index (χ3v) is 4.98. The fraction of sp³-hybridized carbons (Fsp3) is 0.462. The highest BCUT2D eigenvalue weighted by atomic mass is 32.2. The summed E-state index contributed by atoms with van der Waals surface area (Å²) in [5, 5.41) is 9.62. The maximum absolute atomic E-state index is 12.3. The second-order valence-corrected chi connectivity index (χ2v) is 7.30. The molecule has 0 atom stereocenters. The Kier molecular flexibility index (Phi) is 4.81. The summed E-state index contributed by atoms with van der Waals surface area (Å²) in [5.74, 6) is 0.169. The molecule has 122 valence electrons. The number of hydrogen-bond donors (Lipinski definition) is 2. The molecule has 2 rings (SSSR count). The van der Waals surface area contributed by atoms with Gasteiger partial charge in [0.15, 0.2) is 0 Å². The van der Waals surface area contributed by atoms with Gasteiger partial charge in [0.2, 0.25) is 15.9 Å². The van der Waals surface area contributed by atoms with Crippen LogP contribution in [0, 0.1) is 0 Å². The quantitative estimate of drug-likeness (QED) is 0.762. The van der Waals surface area contributed by atoms with Crippen molar-refractivity contribution in [1.29, 1.82) is 0 Å². The third kappa shape index (κ3) is 3.61. The van der Waals surface area contributed by atoms with Crippen LogP contribution >= 0.6 is 0 Å². The SMILES string of the molecule is CC1(O)CN(S(=O)(=O)c2ccc(OC/C(=C/F)CN)nc2)C1. The summed E-state index contributed by atoms with van der Waals surface area (Å²) in [5.41, 5.74) is 4.57. The minimum atomic E-state index is -3.67. The summed E-state index contributed by atoms with van der Waals surface area (Å²) in [7, 11) is -3.67. The molecule has 0 radical (unpaired) electrons. The van der Waals surface area contributed by atoms with Gasteiger partial charge in [-0.1, -0.05) is 0 Å². The zero-order chi connectivity index (χ0) is 16.4. The van der Waals surface area contributed by atoms with Crippen molar-refractivity contribution >= 4 is 10.0 Å². The van der Waals surface area contributed by atoms with Gasteiger partial charge in [-0.3, -0.25) is 0 Å². The molecule has 0 bridgehead atoms. The fourth-order valence-corrected chi connectivity index (χ4v) is 3.56. The van der Waals surface area contributed by atoms with E-state index in [2.05, 4.69) is 4.98 Å². The smallest absolute Gasteiger partial charge is 0.244 e. The van der Waals surface area contributed by atoms with Crippen molar-refractivity contribution in [3.05, 3.63) is 30.2 Å². The Labute approximate surface area is 128 Å². The molecule has 0 unspecified atom stereocenters. The summed E-state index contributed by atoms with van der Waals surface area (Å²) in [4.78, 5) is 3.89. The summed E-state index contributed by atoms with van der Waals surface area (Å²) in [6, 6.07) is 2.74. The van der Waals surface area contributed by atoms with Crippen LogP contribution in [0.1, 0.15) is 6.92 Å². The van der Waals surface area contributed by atoms with E-state index in [4.69, 9.17) is 10.5 Å². The topological polar surface area (TPSA) is 106 Å². The van der Waals surface area contributed by atoms with Crippen molar-refractivity contribution in [2.45, 2.75) is 17.4 Å². The molecule has 1 saturated heterocycles. The molecule has 1 aromatic heterocycles. The predicted octanol–water partition coefficient (Wildman–Crippen LogP) is 0.0278. The average molecular weight is 331 g/mol. The molecule has 0 spiro atoms. The second-order valence-electron chi connectivity index (χ2n) is 5.36. The Bertz CT molecular complexity index is 650. The number of β-amino-alcohol motifs (C(OH)–C–C–N with tert-alkyl or cyclic N) is 1. The van der Waals surface area contributed by atoms with Gasteiger partial charge in [-0.15, -0.1) is 0 Å². The van der Waals surface area contributed by atoms with Crippen LogP contribution in [0.5, 0.6) is 5.88 Å². The molecule has 1 aliphatic rings. The van der Waals surface area contributed by atoms with Crippen LogP contribution in [0.15, 0.2) is 35.1 Å². The number of pyridine rings is 1. The molecular weight excluding hydrogens is 313 g/mol. The lowest BCUT2D eigenvalue weighted by Gasteiger charge is -2.42. The Morgan fingerprint density at radius 1 is 1.59 bits per heavy atom. The van der Waals surface area contributed by atoms with Crippen molar-refractivity contribution in [3.8, 4) is 5.88 Å². The molecular formula is C13H18FN3O4S. The van der Waals surface area contributed by atoms with Gasteiger partial charge in [-0.2, -0.15) is 4.31 Å². The highest BCUT2D eigenvalue weighted by Gasteiger charge is 2.43. The van der Waals surface area contributed by atoms with Crippen LogP contribution in [-0.2, 0) is 10.0 Å². The normalized spacial score (nSPS) is 18.8. The number of aromatic nitrogens is 1. The molecule has 2 heterocycles. The Hall–Kier alpha value is -1.55. The van der Waals surface area contributed by atoms with Gasteiger partial charge in [-0.25, -0.2) is 17.8 Å². The molecule has 1 aromatic rings. The number of aliphatic hydroxyl groups is 1. The highest BCUT2D eigenvalue weighted by Crippen LogP contribution is 2.27. The number of halogens is 1. The summed E-state index contributed by atoms with van der Waals surface area (Å²) in [6.07, 6.45) is 1.54. The number of sulfonamides is 1. The standard InChI is InChI=1S/C13H18FN3O4S/c1-13(18)8-17(9-13)22(19,20)11-2-3-12(16-6-11)21-7-10(4-14)5-15/h2-4,6,18H,5,7-9,15H2,1H3/b10-4+. The van der Waals surface area contributed by atoms with Crippen molar-refractivity contribution < 1.29 is 22.7 Å². The first kappa shape index (κ1) is 16.8. The first-order valence-corrected chi connectivity index (χ1v) is 8.02. The lowest BCUT2D eigenvalue weighted by molar-refractivity contribution is -0.0426. The lowest BCUT2D eigenvalue weighted by Crippen LogP contribution is -2.61. The zero-order valence-corrected chi connectivity index (χ0v) is 12.9. The Morgan fingerprint density at radius 2 is 2.27 bits per heavy atom. The number of ether oxygens (including phenoxy) is 1. The average Bonchev–Trinajstić information content (AvgIpc) is 2.46. The van der Waals surface area contributed by atoms with E-state index in [9.17, 15) is 17.9 Å². The van der Waals surface area contributed by atoms with Gasteiger partial charge in [0.05, 0.1) is 18.1 Å². The number of rotatable bonds is 6. The molecule has 0 amide bonds. The van der Waals surface area contributed by atoms with Crippen LogP contribution in [0.25, 0.3) is 0 Å². The van der Waals surface area contributed by atoms with E-state index in [0.29, 0.717) is 6.33 Å². The molecule has 0 saturated carbocycles. The van der Waals surface area contributed by atoms with E-state index in [1.54, 1.807) is 6.92 Å². The van der Waals surface area contributed by atoms with Crippen molar-refractivity contribution in [1.82, 2.24) is 9.29 Å². The van der Waals surface area contributed by atoms with E-state index in [-0.39, 0.29) is 42.6 Å². The zero-order valence-electron chi connectivity index (χ0n) is 12.1. The number of hydrogen-bond acceptors (Lipinski definition) is 6. The van der Waals surface area contributed by atoms with Gasteiger partial charge < -0.3 is 15.6 Å². The minimum absolute atomic E-state index is 0.00966. The molecule has 9 heteroatoms. The summed E-state index contributed by atoms with van der Waals surface area (Å²) < 4.78 is 43.2. The molecule has 3 N–H and O–H groups in total. The maximum atomic E-state index is 12.3. The fourth-order valence-electron chi connectivity index (χ4n) is 1.94. The molecule has 0 aromatic carbocycles. The molecule has 7 nitrogen and oxygen atoms in total. The van der Waals surface area contributed by atoms with Gasteiger partial charge in [0.1, 0.15) is 11.5 Å². The second kappa shape index (κ2) is 6.29. The largest absolute Gasteiger partial charge is 0.473 e. The van der Waals surface area contributed by atoms with Crippen LogP contribution in [-0.4, -0.2) is 54.7 Å². The van der Waals surface area contributed by atoms with E-state index in [1.807, 2.05) is 0 Å².